The Morgan fingerprint density at radius 1 is 1.33 bits per heavy atom. The zero-order chi connectivity index (χ0) is 17.1. The van der Waals surface area contributed by atoms with Gasteiger partial charge in [0.2, 0.25) is 0 Å². The number of hydrogen-bond acceptors (Lipinski definition) is 4. The van der Waals surface area contributed by atoms with E-state index < -0.39 is 17.0 Å². The number of imidazole rings is 1. The topological polar surface area (TPSA) is 78.7 Å². The molecule has 2 aromatic heterocycles. The van der Waals surface area contributed by atoms with Gasteiger partial charge in [0.05, 0.1) is 28.8 Å². The third-order valence-corrected chi connectivity index (χ3v) is 5.45. The van der Waals surface area contributed by atoms with E-state index in [0.717, 1.165) is 11.2 Å². The highest BCUT2D eigenvalue weighted by atomic mass is 35.5. The molecule has 7 nitrogen and oxygen atoms in total. The number of carbonyl (C=O) groups is 2. The number of rotatable bonds is 1. The number of fused-ring (bicyclic) bond motifs is 1. The number of amides is 3. The number of anilines is 1. The fourth-order valence-corrected chi connectivity index (χ4v) is 4.12. The Hall–Kier alpha value is -2.28. The van der Waals surface area contributed by atoms with E-state index in [1.54, 1.807) is 12.5 Å². The van der Waals surface area contributed by atoms with Gasteiger partial charge in [-0.05, 0) is 12.5 Å². The van der Waals surface area contributed by atoms with Gasteiger partial charge in [-0.25, -0.2) is 9.78 Å². The van der Waals surface area contributed by atoms with Crippen LogP contribution in [0.4, 0.5) is 10.5 Å². The van der Waals surface area contributed by atoms with Crippen LogP contribution >= 0.6 is 11.6 Å². The van der Waals surface area contributed by atoms with Crippen molar-refractivity contribution < 1.29 is 9.59 Å². The standard InChI is InChI=1S/C16H18ClN5O2/c1-15(2)8-21(4-3-16(15)13(23)19-14(24)20-16)11-5-10(17)7-22-9-18-6-12(11)22/h5-7,9H,3-4,8H2,1-2H3,(H2,19,20,23,24). The Balaban J connectivity index is 1.72. The number of carbonyl (C=O) groups excluding carboxylic acids is 2. The first-order valence-corrected chi connectivity index (χ1v) is 8.20. The molecule has 24 heavy (non-hydrogen) atoms. The molecule has 1 spiro atoms. The van der Waals surface area contributed by atoms with Crippen LogP contribution < -0.4 is 15.5 Å². The monoisotopic (exact) mass is 347 g/mol. The molecule has 0 bridgehead atoms. The van der Waals surface area contributed by atoms with E-state index in [1.807, 2.05) is 30.5 Å². The van der Waals surface area contributed by atoms with E-state index in [1.165, 1.54) is 0 Å². The SMILES string of the molecule is CC1(C)CN(c2cc(Cl)cn3cncc23)CCC12NC(=O)NC2=O. The largest absolute Gasteiger partial charge is 0.369 e. The summed E-state index contributed by atoms with van der Waals surface area (Å²) in [5.74, 6) is -0.238. The van der Waals surface area contributed by atoms with Crippen molar-refractivity contribution in [3.05, 3.63) is 29.8 Å². The normalized spacial score (nSPS) is 26.0. The number of urea groups is 1. The Morgan fingerprint density at radius 3 is 2.79 bits per heavy atom. The van der Waals surface area contributed by atoms with Gasteiger partial charge in [0.25, 0.3) is 5.91 Å². The van der Waals surface area contributed by atoms with Crippen molar-refractivity contribution in [2.24, 2.45) is 5.41 Å². The second-order valence-corrected chi connectivity index (χ2v) is 7.54. The molecule has 4 rings (SSSR count). The minimum absolute atomic E-state index is 0.238. The van der Waals surface area contributed by atoms with Gasteiger partial charge in [0.15, 0.2) is 0 Å². The van der Waals surface area contributed by atoms with E-state index in [4.69, 9.17) is 11.6 Å². The molecule has 4 heterocycles. The summed E-state index contributed by atoms with van der Waals surface area (Å²) >= 11 is 6.24. The lowest BCUT2D eigenvalue weighted by Crippen LogP contribution is -2.66. The van der Waals surface area contributed by atoms with Crippen molar-refractivity contribution in [1.82, 2.24) is 20.0 Å². The fourth-order valence-electron chi connectivity index (χ4n) is 3.92. The van der Waals surface area contributed by atoms with Crippen molar-refractivity contribution >= 4 is 34.7 Å². The molecule has 2 fully saturated rings. The molecule has 0 aliphatic carbocycles. The first kappa shape index (κ1) is 15.3. The van der Waals surface area contributed by atoms with E-state index >= 15 is 0 Å². The third-order valence-electron chi connectivity index (χ3n) is 5.25. The molecular weight excluding hydrogens is 330 g/mol. The molecule has 2 N–H and O–H groups in total. The van der Waals surface area contributed by atoms with E-state index in [2.05, 4.69) is 20.5 Å². The maximum atomic E-state index is 12.4. The van der Waals surface area contributed by atoms with Gasteiger partial charge in [-0.2, -0.15) is 0 Å². The molecule has 3 amide bonds. The summed E-state index contributed by atoms with van der Waals surface area (Å²) in [6.07, 6.45) is 5.86. The van der Waals surface area contributed by atoms with Gasteiger partial charge in [-0.1, -0.05) is 25.4 Å². The highest BCUT2D eigenvalue weighted by molar-refractivity contribution is 6.31. The van der Waals surface area contributed by atoms with Crippen LogP contribution in [0.3, 0.4) is 0 Å². The number of aromatic nitrogens is 2. The molecule has 0 saturated carbocycles. The lowest BCUT2D eigenvalue weighted by Gasteiger charge is -2.50. The fraction of sp³-hybridized carbons (Fsp3) is 0.438. The summed E-state index contributed by atoms with van der Waals surface area (Å²) in [5.41, 5.74) is 0.634. The Bertz CT molecular complexity index is 861. The van der Waals surface area contributed by atoms with Crippen LogP contribution in [0.15, 0.2) is 24.8 Å². The van der Waals surface area contributed by atoms with E-state index in [9.17, 15) is 9.59 Å². The minimum atomic E-state index is -0.865. The van der Waals surface area contributed by atoms with E-state index in [0.29, 0.717) is 24.5 Å². The summed E-state index contributed by atoms with van der Waals surface area (Å²) in [4.78, 5) is 30.4. The average Bonchev–Trinajstić information content (AvgIpc) is 3.06. The van der Waals surface area contributed by atoms with Crippen LogP contribution in [-0.4, -0.2) is 40.0 Å². The predicted octanol–water partition coefficient (Wildman–Crippen LogP) is 1.80. The third kappa shape index (κ3) is 2.00. The number of pyridine rings is 1. The smallest absolute Gasteiger partial charge is 0.322 e. The molecule has 2 aliphatic rings. The molecule has 1 atom stereocenters. The number of nitrogens with one attached hydrogen (secondary N) is 2. The number of piperidine rings is 1. The molecule has 8 heteroatoms. The van der Waals surface area contributed by atoms with Crippen molar-refractivity contribution in [3.63, 3.8) is 0 Å². The summed E-state index contributed by atoms with van der Waals surface area (Å²) < 4.78 is 1.89. The van der Waals surface area contributed by atoms with Crippen LogP contribution in [0.2, 0.25) is 5.02 Å². The Kier molecular flexibility index (Phi) is 3.09. The molecule has 126 valence electrons. The van der Waals surface area contributed by atoms with Gasteiger partial charge < -0.3 is 14.6 Å². The van der Waals surface area contributed by atoms with Gasteiger partial charge in [-0.15, -0.1) is 0 Å². The predicted molar refractivity (Wildman–Crippen MR) is 90.2 cm³/mol. The van der Waals surface area contributed by atoms with Gasteiger partial charge in [0, 0.05) is 24.7 Å². The van der Waals surface area contributed by atoms with Gasteiger partial charge in [-0.3, -0.25) is 10.1 Å². The van der Waals surface area contributed by atoms with Crippen molar-refractivity contribution in [3.8, 4) is 0 Å². The van der Waals surface area contributed by atoms with Crippen LogP contribution in [0.25, 0.3) is 5.52 Å². The quantitative estimate of drug-likeness (QED) is 0.771. The molecule has 2 saturated heterocycles. The minimum Gasteiger partial charge on any atom is -0.369 e. The zero-order valence-electron chi connectivity index (χ0n) is 13.5. The molecule has 2 aromatic rings. The lowest BCUT2D eigenvalue weighted by molar-refractivity contribution is -0.129. The van der Waals surface area contributed by atoms with Crippen LogP contribution in [0.1, 0.15) is 20.3 Å². The Labute approximate surface area is 144 Å². The number of hydrogen-bond donors (Lipinski definition) is 2. The average molecular weight is 348 g/mol. The first-order chi connectivity index (χ1) is 11.3. The van der Waals surface area contributed by atoms with Crippen LogP contribution in [-0.2, 0) is 4.79 Å². The van der Waals surface area contributed by atoms with Crippen LogP contribution in [0, 0.1) is 5.41 Å². The van der Waals surface area contributed by atoms with Crippen molar-refractivity contribution in [1.29, 1.82) is 0 Å². The first-order valence-electron chi connectivity index (χ1n) is 7.82. The summed E-state index contributed by atoms with van der Waals surface area (Å²) in [7, 11) is 0. The summed E-state index contributed by atoms with van der Waals surface area (Å²) in [6.45, 7) is 5.26. The van der Waals surface area contributed by atoms with Gasteiger partial charge >= 0.3 is 6.03 Å². The number of imide groups is 1. The second-order valence-electron chi connectivity index (χ2n) is 7.10. The maximum absolute atomic E-state index is 12.4. The summed E-state index contributed by atoms with van der Waals surface area (Å²) in [6, 6.07) is 1.50. The highest BCUT2D eigenvalue weighted by Gasteiger charge is 2.58. The van der Waals surface area contributed by atoms with E-state index in [-0.39, 0.29) is 5.91 Å². The number of nitrogens with zero attached hydrogens (tertiary/aromatic N) is 3. The van der Waals surface area contributed by atoms with Crippen LogP contribution in [0.5, 0.6) is 0 Å². The molecule has 0 aromatic carbocycles. The maximum Gasteiger partial charge on any atom is 0.322 e. The molecular formula is C16H18ClN5O2. The second kappa shape index (κ2) is 4.86. The van der Waals surface area contributed by atoms with Crippen molar-refractivity contribution in [2.75, 3.05) is 18.0 Å². The molecule has 1 unspecified atom stereocenters. The number of halogens is 1. The molecule has 2 aliphatic heterocycles. The summed E-state index contributed by atoms with van der Waals surface area (Å²) in [5, 5.41) is 5.86. The van der Waals surface area contributed by atoms with Crippen molar-refractivity contribution in [2.45, 2.75) is 25.8 Å². The van der Waals surface area contributed by atoms with Gasteiger partial charge in [0.1, 0.15) is 5.54 Å². The zero-order valence-corrected chi connectivity index (χ0v) is 14.2. The molecule has 0 radical (unpaired) electrons. The lowest BCUT2D eigenvalue weighted by atomic mass is 9.67. The highest BCUT2D eigenvalue weighted by Crippen LogP contribution is 2.42. The Morgan fingerprint density at radius 2 is 2.12 bits per heavy atom.